The summed E-state index contributed by atoms with van der Waals surface area (Å²) >= 11 is 3.10. The molecule has 0 saturated carbocycles. The van der Waals surface area contributed by atoms with Gasteiger partial charge in [-0.1, -0.05) is 6.07 Å². The van der Waals surface area contributed by atoms with Crippen LogP contribution in [0.4, 0.5) is 0 Å². The lowest BCUT2D eigenvalue weighted by molar-refractivity contribution is 0.0695. The zero-order chi connectivity index (χ0) is 10.6. The fourth-order valence-corrected chi connectivity index (χ4v) is 1.45. The number of carboxylic acid groups (broad SMARTS) is 1. The lowest BCUT2D eigenvalue weighted by Gasteiger charge is -2.06. The highest BCUT2D eigenvalue weighted by Gasteiger charge is 2.11. The van der Waals surface area contributed by atoms with Crippen LogP contribution in [0.2, 0.25) is 0 Å². The Morgan fingerprint density at radius 1 is 1.64 bits per heavy atom. The summed E-state index contributed by atoms with van der Waals surface area (Å²) in [5, 5.41) is 17.1. The smallest absolute Gasteiger partial charge is 0.336 e. The van der Waals surface area contributed by atoms with Crippen LogP contribution in [0.1, 0.15) is 10.4 Å². The number of ether oxygens (including phenoxy) is 1. The minimum absolute atomic E-state index is 0.109. The lowest BCUT2D eigenvalue weighted by Crippen LogP contribution is -2.01. The van der Waals surface area contributed by atoms with Gasteiger partial charge in [-0.3, -0.25) is 0 Å². The van der Waals surface area contributed by atoms with Crippen molar-refractivity contribution in [2.45, 2.75) is 0 Å². The van der Waals surface area contributed by atoms with Gasteiger partial charge in [0.1, 0.15) is 11.8 Å². The number of carbonyl (C=O) groups is 1. The first-order chi connectivity index (χ1) is 6.66. The van der Waals surface area contributed by atoms with E-state index in [4.69, 9.17) is 15.1 Å². The van der Waals surface area contributed by atoms with Gasteiger partial charge in [0.2, 0.25) is 0 Å². The van der Waals surface area contributed by atoms with E-state index in [-0.39, 0.29) is 12.2 Å². The molecular formula is C9H6BrNO3. The van der Waals surface area contributed by atoms with Crippen LogP contribution in [0, 0.1) is 11.3 Å². The number of hydrogen-bond donors (Lipinski definition) is 1. The van der Waals surface area contributed by atoms with Gasteiger partial charge in [0.15, 0.2) is 6.61 Å². The largest absolute Gasteiger partial charge is 0.478 e. The summed E-state index contributed by atoms with van der Waals surface area (Å²) in [7, 11) is 0. The topological polar surface area (TPSA) is 70.3 Å². The molecule has 0 aliphatic carbocycles. The van der Waals surface area contributed by atoms with Gasteiger partial charge in [-0.25, -0.2) is 4.79 Å². The molecular weight excluding hydrogens is 250 g/mol. The maximum atomic E-state index is 10.7. The predicted molar refractivity (Wildman–Crippen MR) is 52.2 cm³/mol. The molecule has 0 atom stereocenters. The van der Waals surface area contributed by atoms with E-state index in [0.717, 1.165) is 0 Å². The van der Waals surface area contributed by atoms with Crippen molar-refractivity contribution in [1.29, 1.82) is 5.26 Å². The molecule has 1 aromatic carbocycles. The van der Waals surface area contributed by atoms with Gasteiger partial charge in [0, 0.05) is 0 Å². The molecule has 0 radical (unpaired) electrons. The highest BCUT2D eigenvalue weighted by atomic mass is 79.9. The fraction of sp³-hybridized carbons (Fsp3) is 0.111. The Bertz CT molecular complexity index is 398. The van der Waals surface area contributed by atoms with E-state index in [1.807, 2.05) is 0 Å². The minimum atomic E-state index is -1.04. The summed E-state index contributed by atoms with van der Waals surface area (Å²) in [6.45, 7) is -0.109. The minimum Gasteiger partial charge on any atom is -0.478 e. The maximum absolute atomic E-state index is 10.7. The summed E-state index contributed by atoms with van der Waals surface area (Å²) in [5.74, 6) is -0.689. The Kier molecular flexibility index (Phi) is 3.48. The Morgan fingerprint density at radius 2 is 2.36 bits per heavy atom. The third-order valence-corrected chi connectivity index (χ3v) is 2.30. The fourth-order valence-electron chi connectivity index (χ4n) is 0.897. The Balaban J connectivity index is 3.02. The van der Waals surface area contributed by atoms with Gasteiger partial charge in [0.05, 0.1) is 10.0 Å². The van der Waals surface area contributed by atoms with Crippen molar-refractivity contribution in [3.63, 3.8) is 0 Å². The molecule has 72 valence electrons. The summed E-state index contributed by atoms with van der Waals surface area (Å²) in [6, 6.07) is 6.40. The third kappa shape index (κ3) is 2.24. The average molecular weight is 256 g/mol. The Hall–Kier alpha value is -1.54. The van der Waals surface area contributed by atoms with Crippen molar-refractivity contribution in [2.24, 2.45) is 0 Å². The van der Waals surface area contributed by atoms with E-state index >= 15 is 0 Å². The van der Waals surface area contributed by atoms with Crippen LogP contribution in [0.15, 0.2) is 22.7 Å². The number of halogens is 1. The molecule has 0 amide bonds. The number of carboxylic acids is 1. The van der Waals surface area contributed by atoms with E-state index in [9.17, 15) is 4.79 Å². The molecule has 5 heteroatoms. The maximum Gasteiger partial charge on any atom is 0.336 e. The zero-order valence-electron chi connectivity index (χ0n) is 7.03. The summed E-state index contributed by atoms with van der Waals surface area (Å²) in [5.41, 5.74) is 0.112. The van der Waals surface area contributed by atoms with E-state index < -0.39 is 5.97 Å². The number of aromatic carboxylic acids is 1. The van der Waals surface area contributed by atoms with Gasteiger partial charge < -0.3 is 9.84 Å². The molecule has 0 aromatic heterocycles. The average Bonchev–Trinajstić information content (AvgIpc) is 2.16. The zero-order valence-corrected chi connectivity index (χ0v) is 8.61. The number of nitrogens with zero attached hydrogens (tertiary/aromatic N) is 1. The molecule has 0 unspecified atom stereocenters. The molecule has 1 rings (SSSR count). The van der Waals surface area contributed by atoms with Crippen molar-refractivity contribution in [3.8, 4) is 11.8 Å². The second-order valence-electron chi connectivity index (χ2n) is 2.37. The Labute approximate surface area is 88.9 Å². The van der Waals surface area contributed by atoms with Crippen LogP contribution in [0.5, 0.6) is 5.75 Å². The van der Waals surface area contributed by atoms with Crippen molar-refractivity contribution in [2.75, 3.05) is 6.61 Å². The van der Waals surface area contributed by atoms with Crippen LogP contribution in [-0.4, -0.2) is 17.7 Å². The monoisotopic (exact) mass is 255 g/mol. The molecule has 0 fully saturated rings. The quantitative estimate of drug-likeness (QED) is 0.898. The third-order valence-electron chi connectivity index (χ3n) is 1.49. The second kappa shape index (κ2) is 4.63. The predicted octanol–water partition coefficient (Wildman–Crippen LogP) is 2.05. The molecule has 0 bridgehead atoms. The highest BCUT2D eigenvalue weighted by molar-refractivity contribution is 9.10. The number of hydrogen-bond acceptors (Lipinski definition) is 3. The lowest BCUT2D eigenvalue weighted by atomic mass is 10.2. The molecule has 0 heterocycles. The van der Waals surface area contributed by atoms with E-state index in [1.54, 1.807) is 18.2 Å². The van der Waals surface area contributed by atoms with E-state index in [1.165, 1.54) is 6.07 Å². The summed E-state index contributed by atoms with van der Waals surface area (Å²) < 4.78 is 5.36. The van der Waals surface area contributed by atoms with Crippen molar-refractivity contribution >= 4 is 21.9 Å². The second-order valence-corrected chi connectivity index (χ2v) is 3.16. The van der Waals surface area contributed by atoms with Gasteiger partial charge in [-0.05, 0) is 28.1 Å². The van der Waals surface area contributed by atoms with Crippen LogP contribution >= 0.6 is 15.9 Å². The number of rotatable bonds is 3. The standard InChI is InChI=1S/C9H6BrNO3/c10-8-6(9(12)13)2-1-3-7(8)14-5-4-11/h1-3H,5H2,(H,12,13). The molecule has 14 heavy (non-hydrogen) atoms. The number of nitriles is 1. The van der Waals surface area contributed by atoms with Crippen LogP contribution in [-0.2, 0) is 0 Å². The SMILES string of the molecule is N#CCOc1cccc(C(=O)O)c1Br. The first kappa shape index (κ1) is 10.5. The van der Waals surface area contributed by atoms with Gasteiger partial charge in [0.25, 0.3) is 0 Å². The Morgan fingerprint density at radius 3 is 2.93 bits per heavy atom. The molecule has 0 aliphatic heterocycles. The van der Waals surface area contributed by atoms with E-state index in [2.05, 4.69) is 15.9 Å². The normalized spacial score (nSPS) is 9.14. The number of benzene rings is 1. The van der Waals surface area contributed by atoms with Gasteiger partial charge in [-0.2, -0.15) is 5.26 Å². The molecule has 0 spiro atoms. The van der Waals surface area contributed by atoms with E-state index in [0.29, 0.717) is 10.2 Å². The molecule has 1 N–H and O–H groups in total. The summed E-state index contributed by atoms with van der Waals surface area (Å²) in [6.07, 6.45) is 0. The highest BCUT2D eigenvalue weighted by Crippen LogP contribution is 2.28. The first-order valence-corrected chi connectivity index (χ1v) is 4.47. The van der Waals surface area contributed by atoms with Crippen LogP contribution < -0.4 is 4.74 Å². The summed E-state index contributed by atoms with van der Waals surface area (Å²) in [4.78, 5) is 10.7. The van der Waals surface area contributed by atoms with Crippen molar-refractivity contribution < 1.29 is 14.6 Å². The molecule has 4 nitrogen and oxygen atoms in total. The van der Waals surface area contributed by atoms with Crippen molar-refractivity contribution in [3.05, 3.63) is 28.2 Å². The molecule has 0 aliphatic rings. The molecule has 0 saturated heterocycles. The van der Waals surface area contributed by atoms with Crippen LogP contribution in [0.25, 0.3) is 0 Å². The van der Waals surface area contributed by atoms with Crippen LogP contribution in [0.3, 0.4) is 0 Å². The molecule has 1 aromatic rings. The first-order valence-electron chi connectivity index (χ1n) is 3.68. The van der Waals surface area contributed by atoms with Gasteiger partial charge >= 0.3 is 5.97 Å². The van der Waals surface area contributed by atoms with Gasteiger partial charge in [-0.15, -0.1) is 0 Å². The van der Waals surface area contributed by atoms with Crippen molar-refractivity contribution in [1.82, 2.24) is 0 Å².